The third-order valence-corrected chi connectivity index (χ3v) is 4.59. The molecule has 1 aliphatic heterocycles. The number of hydrogen-bond acceptors (Lipinski definition) is 7. The summed E-state index contributed by atoms with van der Waals surface area (Å²) in [6.45, 7) is 1.96. The number of aliphatic hydroxyl groups excluding tert-OH is 1. The molecule has 142 valence electrons. The van der Waals surface area contributed by atoms with Crippen molar-refractivity contribution in [2.45, 2.75) is 31.8 Å². The van der Waals surface area contributed by atoms with E-state index >= 15 is 0 Å². The Bertz CT molecular complexity index is 877. The van der Waals surface area contributed by atoms with Gasteiger partial charge in [0.05, 0.1) is 13.2 Å². The van der Waals surface area contributed by atoms with Crippen LogP contribution in [-0.4, -0.2) is 51.0 Å². The van der Waals surface area contributed by atoms with Crippen molar-refractivity contribution in [2.75, 3.05) is 18.9 Å². The van der Waals surface area contributed by atoms with Crippen molar-refractivity contribution in [3.8, 4) is 0 Å². The standard InChI is InChI=1S/C15H22N6O5/c1-7-8(3-4-25-5-9(16)22)11(23)14(26-7)21-6-20(2)10-12(21)18-15(17)19-13(10)24/h6-8,11,14,23H,3-5H2,1-2H3,(H4-,16,17,18,19,22,24)/p+1/t7-,8-,11-,14?/m1/s1. The van der Waals surface area contributed by atoms with Crippen LogP contribution in [0.25, 0.3) is 11.2 Å². The SMILES string of the molecule is C[C@H]1OC(n2c[n+](C)c3c(=O)[nH]c(N)nc32)[C@H](O)[C@@H]1CCOCC(N)=O. The Kier molecular flexibility index (Phi) is 4.94. The highest BCUT2D eigenvalue weighted by atomic mass is 16.5. The number of nitrogens with one attached hydrogen (secondary N) is 1. The van der Waals surface area contributed by atoms with E-state index in [-0.39, 0.29) is 36.7 Å². The lowest BCUT2D eigenvalue weighted by Crippen LogP contribution is -2.32. The van der Waals surface area contributed by atoms with Gasteiger partial charge in [0, 0.05) is 12.5 Å². The van der Waals surface area contributed by atoms with Gasteiger partial charge in [-0.25, -0.2) is 4.57 Å². The molecule has 11 heteroatoms. The Morgan fingerprint density at radius 3 is 3.00 bits per heavy atom. The van der Waals surface area contributed by atoms with Gasteiger partial charge in [-0.3, -0.25) is 14.6 Å². The van der Waals surface area contributed by atoms with Crippen molar-refractivity contribution >= 4 is 23.0 Å². The molecule has 0 bridgehead atoms. The fourth-order valence-corrected chi connectivity index (χ4v) is 3.37. The van der Waals surface area contributed by atoms with Gasteiger partial charge in [0.15, 0.2) is 0 Å². The molecule has 2 aromatic rings. The van der Waals surface area contributed by atoms with E-state index in [1.165, 1.54) is 0 Å². The fourth-order valence-electron chi connectivity index (χ4n) is 3.37. The fraction of sp³-hybridized carbons (Fsp3) is 0.600. The number of aryl methyl sites for hydroxylation is 1. The van der Waals surface area contributed by atoms with Crippen LogP contribution < -0.4 is 21.6 Å². The average molecular weight is 367 g/mol. The Morgan fingerprint density at radius 1 is 1.58 bits per heavy atom. The van der Waals surface area contributed by atoms with Gasteiger partial charge in [0.1, 0.15) is 12.7 Å². The molecule has 1 amide bonds. The van der Waals surface area contributed by atoms with Crippen molar-refractivity contribution in [1.82, 2.24) is 14.5 Å². The van der Waals surface area contributed by atoms with E-state index in [2.05, 4.69) is 9.97 Å². The van der Waals surface area contributed by atoms with Crippen LogP contribution in [0.2, 0.25) is 0 Å². The summed E-state index contributed by atoms with van der Waals surface area (Å²) >= 11 is 0. The topological polar surface area (TPSA) is 162 Å². The van der Waals surface area contributed by atoms with Crippen molar-refractivity contribution < 1.29 is 23.9 Å². The molecule has 0 aromatic carbocycles. The lowest BCUT2D eigenvalue weighted by molar-refractivity contribution is -0.646. The summed E-state index contributed by atoms with van der Waals surface area (Å²) in [5.41, 5.74) is 11.0. The van der Waals surface area contributed by atoms with Gasteiger partial charge < -0.3 is 26.0 Å². The van der Waals surface area contributed by atoms with Gasteiger partial charge in [-0.15, -0.1) is 0 Å². The van der Waals surface area contributed by atoms with Crippen LogP contribution in [0, 0.1) is 5.92 Å². The van der Waals surface area contributed by atoms with Crippen LogP contribution in [0.15, 0.2) is 11.1 Å². The maximum Gasteiger partial charge on any atom is 0.304 e. The summed E-state index contributed by atoms with van der Waals surface area (Å²) in [4.78, 5) is 29.5. The average Bonchev–Trinajstić information content (AvgIpc) is 3.01. The summed E-state index contributed by atoms with van der Waals surface area (Å²) in [6, 6.07) is 0. The molecule has 1 fully saturated rings. The van der Waals surface area contributed by atoms with Gasteiger partial charge >= 0.3 is 5.56 Å². The maximum atomic E-state index is 12.1. The molecule has 6 N–H and O–H groups in total. The van der Waals surface area contributed by atoms with Gasteiger partial charge in [-0.1, -0.05) is 0 Å². The number of anilines is 1. The van der Waals surface area contributed by atoms with Crippen LogP contribution >= 0.6 is 0 Å². The van der Waals surface area contributed by atoms with E-state index in [9.17, 15) is 14.7 Å². The van der Waals surface area contributed by atoms with E-state index < -0.39 is 18.2 Å². The number of aliphatic hydroxyl groups is 1. The number of nitrogens with zero attached hydrogens (tertiary/aromatic N) is 3. The summed E-state index contributed by atoms with van der Waals surface area (Å²) in [7, 11) is 1.70. The minimum absolute atomic E-state index is 0.0145. The summed E-state index contributed by atoms with van der Waals surface area (Å²) in [6.07, 6.45) is 0.310. The number of hydrogen-bond donors (Lipinski definition) is 4. The second-order valence-corrected chi connectivity index (χ2v) is 6.45. The predicted molar refractivity (Wildman–Crippen MR) is 89.7 cm³/mol. The Morgan fingerprint density at radius 2 is 2.31 bits per heavy atom. The van der Waals surface area contributed by atoms with E-state index in [0.29, 0.717) is 17.6 Å². The Labute approximate surface area is 148 Å². The number of carbonyl (C=O) groups excluding carboxylic acids is 1. The van der Waals surface area contributed by atoms with Gasteiger partial charge in [-0.05, 0) is 13.3 Å². The number of aromatic nitrogens is 4. The maximum absolute atomic E-state index is 12.1. The monoisotopic (exact) mass is 367 g/mol. The molecule has 11 nitrogen and oxygen atoms in total. The first-order chi connectivity index (χ1) is 12.3. The smallest absolute Gasteiger partial charge is 0.304 e. The first-order valence-corrected chi connectivity index (χ1v) is 8.25. The summed E-state index contributed by atoms with van der Waals surface area (Å²) < 4.78 is 14.3. The molecular weight excluding hydrogens is 344 g/mol. The second kappa shape index (κ2) is 7.02. The van der Waals surface area contributed by atoms with E-state index in [1.54, 1.807) is 22.5 Å². The number of rotatable bonds is 6. The van der Waals surface area contributed by atoms with E-state index in [1.807, 2.05) is 6.92 Å². The number of fused-ring (bicyclic) bond motifs is 1. The molecule has 1 saturated heterocycles. The normalized spacial score (nSPS) is 25.8. The van der Waals surface area contributed by atoms with Crippen LogP contribution in [-0.2, 0) is 21.3 Å². The summed E-state index contributed by atoms with van der Waals surface area (Å²) in [5, 5.41) is 10.7. The number of nitrogens with two attached hydrogens (primary N) is 2. The van der Waals surface area contributed by atoms with E-state index in [4.69, 9.17) is 20.9 Å². The molecule has 0 radical (unpaired) electrons. The van der Waals surface area contributed by atoms with Gasteiger partial charge in [0.2, 0.25) is 24.4 Å². The number of primary amides is 1. The van der Waals surface area contributed by atoms with Crippen LogP contribution in [0.4, 0.5) is 5.95 Å². The van der Waals surface area contributed by atoms with Crippen molar-refractivity contribution in [2.24, 2.45) is 18.7 Å². The van der Waals surface area contributed by atoms with E-state index in [0.717, 1.165) is 0 Å². The first kappa shape index (κ1) is 18.3. The third-order valence-electron chi connectivity index (χ3n) is 4.59. The van der Waals surface area contributed by atoms with Crippen LogP contribution in [0.5, 0.6) is 0 Å². The molecule has 1 unspecified atom stereocenters. The zero-order valence-electron chi connectivity index (χ0n) is 14.6. The Balaban J connectivity index is 1.83. The number of carbonyl (C=O) groups is 1. The van der Waals surface area contributed by atoms with Gasteiger partial charge in [-0.2, -0.15) is 9.55 Å². The molecule has 1 aliphatic rings. The Hall–Kier alpha value is -2.50. The number of ether oxygens (including phenoxy) is 2. The molecule has 0 spiro atoms. The van der Waals surface area contributed by atoms with Crippen molar-refractivity contribution in [3.63, 3.8) is 0 Å². The van der Waals surface area contributed by atoms with Crippen molar-refractivity contribution in [3.05, 3.63) is 16.7 Å². The van der Waals surface area contributed by atoms with Crippen LogP contribution in [0.3, 0.4) is 0 Å². The highest BCUT2D eigenvalue weighted by Crippen LogP contribution is 2.36. The van der Waals surface area contributed by atoms with Crippen LogP contribution in [0.1, 0.15) is 19.6 Å². The second-order valence-electron chi connectivity index (χ2n) is 6.45. The molecule has 3 rings (SSSR count). The number of nitrogen functional groups attached to an aromatic ring is 1. The molecule has 0 aliphatic carbocycles. The minimum atomic E-state index is -0.847. The lowest BCUT2D eigenvalue weighted by atomic mass is 9.95. The third kappa shape index (κ3) is 3.28. The zero-order valence-corrected chi connectivity index (χ0v) is 14.6. The quantitative estimate of drug-likeness (QED) is 0.336. The van der Waals surface area contributed by atoms with Gasteiger partial charge in [0.25, 0.3) is 11.2 Å². The minimum Gasteiger partial charge on any atom is -0.386 e. The molecule has 0 saturated carbocycles. The first-order valence-electron chi connectivity index (χ1n) is 8.25. The summed E-state index contributed by atoms with van der Waals surface area (Å²) in [5.74, 6) is -0.770. The molecule has 3 heterocycles. The predicted octanol–water partition coefficient (Wildman–Crippen LogP) is -2.08. The highest BCUT2D eigenvalue weighted by molar-refractivity contribution is 5.74. The molecule has 4 atom stereocenters. The molecule has 26 heavy (non-hydrogen) atoms. The molecular formula is C15H23N6O5+. The number of aromatic amines is 1. The lowest BCUT2D eigenvalue weighted by Gasteiger charge is -2.16. The number of amides is 1. The number of imidazole rings is 1. The zero-order chi connectivity index (χ0) is 19.0. The molecule has 2 aromatic heterocycles. The number of H-pyrrole nitrogens is 1. The largest absolute Gasteiger partial charge is 0.386 e. The van der Waals surface area contributed by atoms with Crippen molar-refractivity contribution in [1.29, 1.82) is 0 Å². The highest BCUT2D eigenvalue weighted by Gasteiger charge is 2.46.